The summed E-state index contributed by atoms with van der Waals surface area (Å²) in [6, 6.07) is 7.57. The number of carbonyl (C=O) groups excluding carboxylic acids is 1. The normalized spacial score (nSPS) is 14.8. The van der Waals surface area contributed by atoms with Crippen LogP contribution in [0, 0.1) is 0 Å². The summed E-state index contributed by atoms with van der Waals surface area (Å²) in [5.74, 6) is 0.00233. The first-order valence-electron chi connectivity index (χ1n) is 11.7. The van der Waals surface area contributed by atoms with Crippen molar-refractivity contribution in [3.8, 4) is 0 Å². The average molecular weight is 442 g/mol. The number of amides is 1. The van der Waals surface area contributed by atoms with E-state index in [0.29, 0.717) is 10.6 Å². The van der Waals surface area contributed by atoms with Gasteiger partial charge in [0.25, 0.3) is 5.91 Å². The number of nitrogens with zero attached hydrogens (tertiary/aromatic N) is 2. The van der Waals surface area contributed by atoms with Crippen LogP contribution in [0.1, 0.15) is 93.6 Å². The van der Waals surface area contributed by atoms with Crippen LogP contribution in [0.4, 0.5) is 5.69 Å². The number of unbranched alkanes of at least 4 members (excludes halogenated alkanes) is 7. The first-order chi connectivity index (χ1) is 14.9. The number of benzene rings is 1. The molecule has 5 heteroatoms. The van der Waals surface area contributed by atoms with Crippen LogP contribution in [0.5, 0.6) is 0 Å². The standard InChI is InChI=1S/C26H36ClN3O/c1-4-5-6-7-8-9-10-11-14-28-17-20-15-22(19-29-18-20)30-25(31)23-13-12-21(27)16-24(23)26(30,2)3/h12-13,15-16,18-19,28H,4-11,14,17H2,1-3H3. The lowest BCUT2D eigenvalue weighted by molar-refractivity contribution is 0.0982. The zero-order valence-corrected chi connectivity index (χ0v) is 20.0. The molecule has 31 heavy (non-hydrogen) atoms. The van der Waals surface area contributed by atoms with Crippen LogP contribution in [0.3, 0.4) is 0 Å². The third-order valence-corrected chi connectivity index (χ3v) is 6.44. The van der Waals surface area contributed by atoms with E-state index < -0.39 is 5.54 Å². The molecule has 4 nitrogen and oxygen atoms in total. The van der Waals surface area contributed by atoms with Gasteiger partial charge in [-0.15, -0.1) is 0 Å². The lowest BCUT2D eigenvalue weighted by atomic mass is 9.93. The molecule has 0 unspecified atom stereocenters. The van der Waals surface area contributed by atoms with Gasteiger partial charge in [0.15, 0.2) is 0 Å². The van der Waals surface area contributed by atoms with Crippen molar-refractivity contribution in [2.75, 3.05) is 11.4 Å². The highest BCUT2D eigenvalue weighted by molar-refractivity contribution is 6.31. The Morgan fingerprint density at radius 3 is 2.45 bits per heavy atom. The number of nitrogens with one attached hydrogen (secondary N) is 1. The third-order valence-electron chi connectivity index (χ3n) is 6.21. The molecule has 0 saturated heterocycles. The van der Waals surface area contributed by atoms with Crippen molar-refractivity contribution < 1.29 is 4.79 Å². The molecule has 1 amide bonds. The molecule has 0 saturated carbocycles. The Bertz CT molecular complexity index is 881. The van der Waals surface area contributed by atoms with Crippen LogP contribution < -0.4 is 10.2 Å². The number of rotatable bonds is 12. The Labute approximate surface area is 192 Å². The van der Waals surface area contributed by atoms with Crippen molar-refractivity contribution in [1.29, 1.82) is 0 Å². The van der Waals surface area contributed by atoms with Gasteiger partial charge in [-0.25, -0.2) is 0 Å². The van der Waals surface area contributed by atoms with Crippen molar-refractivity contribution in [1.82, 2.24) is 10.3 Å². The van der Waals surface area contributed by atoms with Crippen LogP contribution in [0.25, 0.3) is 0 Å². The molecule has 2 aromatic rings. The molecule has 0 bridgehead atoms. The molecule has 2 heterocycles. The number of hydrogen-bond donors (Lipinski definition) is 1. The molecule has 3 rings (SSSR count). The lowest BCUT2D eigenvalue weighted by Gasteiger charge is -2.32. The molecular formula is C26H36ClN3O. The summed E-state index contributed by atoms with van der Waals surface area (Å²) in [4.78, 5) is 19.4. The van der Waals surface area contributed by atoms with Crippen molar-refractivity contribution in [2.24, 2.45) is 0 Å². The maximum atomic E-state index is 13.1. The Morgan fingerprint density at radius 2 is 1.71 bits per heavy atom. The van der Waals surface area contributed by atoms with E-state index in [4.69, 9.17) is 11.6 Å². The van der Waals surface area contributed by atoms with Gasteiger partial charge in [-0.2, -0.15) is 0 Å². The number of hydrogen-bond acceptors (Lipinski definition) is 3. The van der Waals surface area contributed by atoms with Gasteiger partial charge in [-0.05, 0) is 62.2 Å². The van der Waals surface area contributed by atoms with E-state index in [0.717, 1.165) is 29.9 Å². The van der Waals surface area contributed by atoms with Crippen molar-refractivity contribution in [2.45, 2.75) is 84.2 Å². The molecule has 1 aromatic carbocycles. The summed E-state index contributed by atoms with van der Waals surface area (Å²) in [6.45, 7) is 8.14. The second-order valence-corrected chi connectivity index (χ2v) is 9.53. The van der Waals surface area contributed by atoms with E-state index in [9.17, 15) is 4.79 Å². The van der Waals surface area contributed by atoms with Crippen molar-refractivity contribution in [3.63, 3.8) is 0 Å². The van der Waals surface area contributed by atoms with Gasteiger partial charge < -0.3 is 5.32 Å². The third kappa shape index (κ3) is 5.87. The maximum Gasteiger partial charge on any atom is 0.259 e. The van der Waals surface area contributed by atoms with Gasteiger partial charge in [0, 0.05) is 23.3 Å². The number of anilines is 1. The Morgan fingerprint density at radius 1 is 1.00 bits per heavy atom. The number of pyridine rings is 1. The highest BCUT2D eigenvalue weighted by Crippen LogP contribution is 2.42. The van der Waals surface area contributed by atoms with Crippen molar-refractivity contribution in [3.05, 3.63) is 58.4 Å². The smallest absolute Gasteiger partial charge is 0.259 e. The second-order valence-electron chi connectivity index (χ2n) is 9.09. The first kappa shape index (κ1) is 23.7. The molecule has 1 aliphatic heterocycles. The number of halogens is 1. The quantitative estimate of drug-likeness (QED) is 0.366. The molecule has 0 spiro atoms. The Hall–Kier alpha value is -1.91. The SMILES string of the molecule is CCCCCCCCCCNCc1cncc(N2C(=O)c3ccc(Cl)cc3C2(C)C)c1. The lowest BCUT2D eigenvalue weighted by Crippen LogP contribution is -2.39. The van der Waals surface area contributed by atoms with E-state index in [2.05, 4.69) is 37.1 Å². The second kappa shape index (κ2) is 11.1. The topological polar surface area (TPSA) is 45.2 Å². The van der Waals surface area contributed by atoms with Crippen LogP contribution >= 0.6 is 11.6 Å². The minimum absolute atomic E-state index is 0.00233. The Balaban J connectivity index is 1.51. The van der Waals surface area contributed by atoms with Gasteiger partial charge in [0.05, 0.1) is 17.4 Å². The minimum Gasteiger partial charge on any atom is -0.313 e. The summed E-state index contributed by atoms with van der Waals surface area (Å²) >= 11 is 6.20. The van der Waals surface area contributed by atoms with E-state index >= 15 is 0 Å². The molecule has 1 aliphatic rings. The molecule has 0 radical (unpaired) electrons. The summed E-state index contributed by atoms with van der Waals surface area (Å²) < 4.78 is 0. The first-order valence-corrected chi connectivity index (χ1v) is 12.1. The molecule has 0 fully saturated rings. The van der Waals surface area contributed by atoms with Gasteiger partial charge >= 0.3 is 0 Å². The zero-order chi connectivity index (χ0) is 22.3. The average Bonchev–Trinajstić information content (AvgIpc) is 2.94. The molecule has 0 aliphatic carbocycles. The fourth-order valence-corrected chi connectivity index (χ4v) is 4.63. The van der Waals surface area contributed by atoms with E-state index in [1.165, 1.54) is 51.4 Å². The van der Waals surface area contributed by atoms with E-state index in [-0.39, 0.29) is 5.91 Å². The molecule has 168 valence electrons. The monoisotopic (exact) mass is 441 g/mol. The number of fused-ring (bicyclic) bond motifs is 1. The molecule has 1 aromatic heterocycles. The summed E-state index contributed by atoms with van der Waals surface area (Å²) in [6.07, 6.45) is 14.3. The molecular weight excluding hydrogens is 406 g/mol. The van der Waals surface area contributed by atoms with Crippen LogP contribution in [0.15, 0.2) is 36.7 Å². The highest BCUT2D eigenvalue weighted by atomic mass is 35.5. The summed E-state index contributed by atoms with van der Waals surface area (Å²) in [5, 5.41) is 4.18. The molecule has 0 atom stereocenters. The summed E-state index contributed by atoms with van der Waals surface area (Å²) in [7, 11) is 0. The van der Waals surface area contributed by atoms with Crippen molar-refractivity contribution >= 4 is 23.2 Å². The van der Waals surface area contributed by atoms with Gasteiger partial charge in [0.2, 0.25) is 0 Å². The van der Waals surface area contributed by atoms with Crippen LogP contribution in [-0.4, -0.2) is 17.4 Å². The fourth-order valence-electron chi connectivity index (χ4n) is 4.45. The Kier molecular flexibility index (Phi) is 8.50. The predicted octanol–water partition coefficient (Wildman–Crippen LogP) is 6.86. The number of aromatic nitrogens is 1. The maximum absolute atomic E-state index is 13.1. The number of carbonyl (C=O) groups is 1. The summed E-state index contributed by atoms with van der Waals surface area (Å²) in [5.41, 5.74) is 3.13. The van der Waals surface area contributed by atoms with Gasteiger partial charge in [0.1, 0.15) is 0 Å². The zero-order valence-electron chi connectivity index (χ0n) is 19.2. The molecule has 1 N–H and O–H groups in total. The predicted molar refractivity (Wildman–Crippen MR) is 130 cm³/mol. The van der Waals surface area contributed by atoms with E-state index in [1.54, 1.807) is 12.3 Å². The minimum atomic E-state index is -0.470. The van der Waals surface area contributed by atoms with Crippen LogP contribution in [-0.2, 0) is 12.1 Å². The van der Waals surface area contributed by atoms with Gasteiger partial charge in [-0.3, -0.25) is 14.7 Å². The van der Waals surface area contributed by atoms with Crippen LogP contribution in [0.2, 0.25) is 5.02 Å². The van der Waals surface area contributed by atoms with Gasteiger partial charge in [-0.1, -0.05) is 63.5 Å². The largest absolute Gasteiger partial charge is 0.313 e. The highest BCUT2D eigenvalue weighted by Gasteiger charge is 2.44. The van der Waals surface area contributed by atoms with E-state index in [1.807, 2.05) is 23.2 Å². The fraction of sp³-hybridized carbons (Fsp3) is 0.538.